The maximum atomic E-state index is 12.0. The molecule has 3 N–H and O–H groups in total. The number of amides is 2. The number of hydrogen-bond donors (Lipinski definition) is 2. The zero-order valence-corrected chi connectivity index (χ0v) is 15.5. The Morgan fingerprint density at radius 3 is 2.38 bits per heavy atom. The molecule has 0 unspecified atom stereocenters. The molecule has 7 heteroatoms. The molecule has 1 aromatic carbocycles. The van der Waals surface area contributed by atoms with E-state index in [0.29, 0.717) is 18.4 Å². The first-order valence-corrected chi connectivity index (χ1v) is 8.60. The van der Waals surface area contributed by atoms with Gasteiger partial charge in [-0.3, -0.25) is 4.79 Å². The van der Waals surface area contributed by atoms with Gasteiger partial charge < -0.3 is 15.8 Å². The molecule has 1 rings (SSSR count). The fraction of sp³-hybridized carbons (Fsp3) is 0.471. The summed E-state index contributed by atoms with van der Waals surface area (Å²) in [6.45, 7) is 3.98. The second kappa shape index (κ2) is 10.1. The van der Waals surface area contributed by atoms with Crippen LogP contribution in [0.3, 0.4) is 0 Å². The van der Waals surface area contributed by atoms with Crippen LogP contribution < -0.4 is 11.1 Å². The van der Waals surface area contributed by atoms with Crippen LogP contribution in [0.1, 0.15) is 43.5 Å². The number of Topliss-reactive ketones (excluding diaryl/α,β-unsaturated/α-hetero) is 1. The van der Waals surface area contributed by atoms with Gasteiger partial charge in [-0.25, -0.2) is 9.59 Å². The molecule has 1 atom stereocenters. The van der Waals surface area contributed by atoms with Crippen LogP contribution in [0.5, 0.6) is 0 Å². The maximum absolute atomic E-state index is 12.0. The van der Waals surface area contributed by atoms with E-state index in [4.69, 9.17) is 10.5 Å². The number of hydrogen-bond acceptors (Lipinski definition) is 4. The normalized spacial score (nSPS) is 11.8. The van der Waals surface area contributed by atoms with Crippen molar-refractivity contribution in [2.45, 2.75) is 39.2 Å². The number of nitrogens with two attached hydrogens (primary N) is 1. The largest absolute Gasteiger partial charge is 0.464 e. The van der Waals surface area contributed by atoms with Gasteiger partial charge in [0, 0.05) is 16.5 Å². The van der Waals surface area contributed by atoms with Crippen LogP contribution >= 0.6 is 15.9 Å². The molecule has 0 saturated heterocycles. The first-order valence-electron chi connectivity index (χ1n) is 7.81. The summed E-state index contributed by atoms with van der Waals surface area (Å²) in [4.78, 5) is 34.9. The summed E-state index contributed by atoms with van der Waals surface area (Å²) >= 11 is 3.31. The van der Waals surface area contributed by atoms with Crippen LogP contribution in [0.4, 0.5) is 4.79 Å². The highest BCUT2D eigenvalue weighted by Crippen LogP contribution is 2.13. The Morgan fingerprint density at radius 2 is 1.83 bits per heavy atom. The monoisotopic (exact) mass is 398 g/mol. The van der Waals surface area contributed by atoms with Crippen LogP contribution in [-0.4, -0.2) is 30.4 Å². The molecule has 132 valence electrons. The lowest BCUT2D eigenvalue weighted by atomic mass is 10.0. The Hall–Kier alpha value is -1.89. The summed E-state index contributed by atoms with van der Waals surface area (Å²) in [5.74, 6) is -0.334. The molecule has 0 spiro atoms. The number of esters is 1. The minimum Gasteiger partial charge on any atom is -0.464 e. The van der Waals surface area contributed by atoms with Crippen LogP contribution in [0.15, 0.2) is 28.7 Å². The summed E-state index contributed by atoms with van der Waals surface area (Å²) in [5.41, 5.74) is 5.69. The molecule has 1 aromatic rings. The molecule has 0 saturated carbocycles. The molecule has 0 fully saturated rings. The van der Waals surface area contributed by atoms with E-state index in [1.54, 1.807) is 24.3 Å². The van der Waals surface area contributed by atoms with Gasteiger partial charge in [0.05, 0.1) is 6.61 Å². The summed E-state index contributed by atoms with van der Waals surface area (Å²) in [6, 6.07) is 5.58. The lowest BCUT2D eigenvalue weighted by Gasteiger charge is -2.18. The van der Waals surface area contributed by atoms with E-state index in [9.17, 15) is 14.4 Å². The van der Waals surface area contributed by atoms with E-state index in [1.807, 2.05) is 13.8 Å². The van der Waals surface area contributed by atoms with Gasteiger partial charge in [0.15, 0.2) is 5.78 Å². The minimum atomic E-state index is -0.761. The van der Waals surface area contributed by atoms with Gasteiger partial charge in [0.1, 0.15) is 6.04 Å². The molecule has 6 nitrogen and oxygen atoms in total. The Morgan fingerprint density at radius 1 is 1.21 bits per heavy atom. The van der Waals surface area contributed by atoms with Crippen LogP contribution in [0, 0.1) is 5.92 Å². The predicted molar refractivity (Wildman–Crippen MR) is 94.6 cm³/mol. The third kappa shape index (κ3) is 7.59. The zero-order chi connectivity index (χ0) is 18.1. The van der Waals surface area contributed by atoms with Crippen molar-refractivity contribution in [1.29, 1.82) is 0 Å². The lowest BCUT2D eigenvalue weighted by Crippen LogP contribution is -2.45. The summed E-state index contributed by atoms with van der Waals surface area (Å²) in [7, 11) is 0. The second-order valence-corrected chi connectivity index (χ2v) is 6.81. The molecule has 24 heavy (non-hydrogen) atoms. The van der Waals surface area contributed by atoms with Crippen molar-refractivity contribution in [3.05, 3.63) is 34.3 Å². The number of benzene rings is 1. The standard InChI is InChI=1S/C17H23BrN2O4/c1-11(2)10-14(20-17(19)23)16(22)24-9-3-4-15(21)12-5-7-13(18)8-6-12/h5-8,11,14H,3-4,9-10H2,1-2H3,(H3,19,20,23)/t14-/m0/s1. The van der Waals surface area contributed by atoms with Gasteiger partial charge in [-0.1, -0.05) is 41.9 Å². The van der Waals surface area contributed by atoms with Gasteiger partial charge >= 0.3 is 12.0 Å². The topological polar surface area (TPSA) is 98.5 Å². The lowest BCUT2D eigenvalue weighted by molar-refractivity contribution is -0.146. The van der Waals surface area contributed by atoms with E-state index in [2.05, 4.69) is 21.2 Å². The number of nitrogens with one attached hydrogen (secondary N) is 1. The van der Waals surface area contributed by atoms with Crippen molar-refractivity contribution < 1.29 is 19.1 Å². The molecule has 0 aliphatic carbocycles. The summed E-state index contributed by atoms with van der Waals surface area (Å²) in [5, 5.41) is 2.38. The number of carbonyl (C=O) groups is 3. The predicted octanol–water partition coefficient (Wildman–Crippen LogP) is 3.04. The Labute approximate surface area is 150 Å². The van der Waals surface area contributed by atoms with Crippen molar-refractivity contribution >= 4 is 33.7 Å². The average molecular weight is 399 g/mol. The van der Waals surface area contributed by atoms with Crippen molar-refractivity contribution in [2.75, 3.05) is 6.61 Å². The average Bonchev–Trinajstić information content (AvgIpc) is 2.50. The van der Waals surface area contributed by atoms with Gasteiger partial charge in [0.2, 0.25) is 0 Å². The second-order valence-electron chi connectivity index (χ2n) is 5.89. The zero-order valence-electron chi connectivity index (χ0n) is 13.9. The number of halogens is 1. The number of ether oxygens (including phenoxy) is 1. The van der Waals surface area contributed by atoms with Crippen LogP contribution in [0.25, 0.3) is 0 Å². The Kier molecular flexibility index (Phi) is 8.46. The number of urea groups is 1. The van der Waals surface area contributed by atoms with Crippen molar-refractivity contribution in [3.63, 3.8) is 0 Å². The highest BCUT2D eigenvalue weighted by molar-refractivity contribution is 9.10. The number of rotatable bonds is 9. The van der Waals surface area contributed by atoms with Gasteiger partial charge in [-0.05, 0) is 30.9 Å². The van der Waals surface area contributed by atoms with Gasteiger partial charge in [-0.2, -0.15) is 0 Å². The van der Waals surface area contributed by atoms with Crippen molar-refractivity contribution in [3.8, 4) is 0 Å². The van der Waals surface area contributed by atoms with E-state index in [0.717, 1.165) is 4.47 Å². The van der Waals surface area contributed by atoms with E-state index < -0.39 is 18.0 Å². The highest BCUT2D eigenvalue weighted by atomic mass is 79.9. The molecule has 2 amide bonds. The molecule has 0 aliphatic heterocycles. The number of ketones is 1. The Bertz CT molecular complexity index is 572. The number of primary amides is 1. The Balaban J connectivity index is 2.39. The van der Waals surface area contributed by atoms with E-state index in [1.165, 1.54) is 0 Å². The van der Waals surface area contributed by atoms with Gasteiger partial charge in [0.25, 0.3) is 0 Å². The molecule has 0 bridgehead atoms. The third-order valence-corrected chi connectivity index (χ3v) is 3.80. The first kappa shape index (κ1) is 20.2. The fourth-order valence-corrected chi connectivity index (χ4v) is 2.41. The van der Waals surface area contributed by atoms with Gasteiger partial charge in [-0.15, -0.1) is 0 Å². The molecule has 0 heterocycles. The van der Waals surface area contributed by atoms with Crippen molar-refractivity contribution in [2.24, 2.45) is 11.7 Å². The summed E-state index contributed by atoms with van der Waals surface area (Å²) < 4.78 is 6.05. The van der Waals surface area contributed by atoms with E-state index in [-0.39, 0.29) is 24.7 Å². The molecule has 0 aliphatic rings. The van der Waals surface area contributed by atoms with Crippen molar-refractivity contribution in [1.82, 2.24) is 5.32 Å². The maximum Gasteiger partial charge on any atom is 0.328 e. The van der Waals surface area contributed by atoms with Crippen LogP contribution in [0.2, 0.25) is 0 Å². The summed E-state index contributed by atoms with van der Waals surface area (Å²) in [6.07, 6.45) is 1.15. The highest BCUT2D eigenvalue weighted by Gasteiger charge is 2.22. The van der Waals surface area contributed by atoms with Crippen LogP contribution in [-0.2, 0) is 9.53 Å². The minimum absolute atomic E-state index is 0.00691. The molecular weight excluding hydrogens is 376 g/mol. The third-order valence-electron chi connectivity index (χ3n) is 3.27. The molecule has 0 aromatic heterocycles. The fourth-order valence-electron chi connectivity index (χ4n) is 2.14. The smallest absolute Gasteiger partial charge is 0.328 e. The molecule has 0 radical (unpaired) electrons. The van der Waals surface area contributed by atoms with E-state index >= 15 is 0 Å². The SMILES string of the molecule is CC(C)C[C@H](NC(N)=O)C(=O)OCCCC(=O)c1ccc(Br)cc1. The number of carbonyl (C=O) groups excluding carboxylic acids is 3. The molecular formula is C17H23BrN2O4. The quantitative estimate of drug-likeness (QED) is 0.379. The first-order chi connectivity index (χ1) is 11.3.